The first-order chi connectivity index (χ1) is 9.20. The molecule has 0 radical (unpaired) electrons. The van der Waals surface area contributed by atoms with Crippen LogP contribution in [-0.4, -0.2) is 16.3 Å². The number of rotatable bonds is 6. The van der Waals surface area contributed by atoms with E-state index in [2.05, 4.69) is 17.3 Å². The fourth-order valence-electron chi connectivity index (χ4n) is 2.18. The zero-order valence-corrected chi connectivity index (χ0v) is 11.5. The first-order valence-corrected chi connectivity index (χ1v) is 6.66. The van der Waals surface area contributed by atoms with E-state index >= 15 is 0 Å². The third-order valence-corrected chi connectivity index (χ3v) is 3.17. The van der Waals surface area contributed by atoms with Gasteiger partial charge < -0.3 is 5.32 Å². The van der Waals surface area contributed by atoms with Crippen LogP contribution in [0.15, 0.2) is 30.5 Å². The molecule has 0 aliphatic carbocycles. The van der Waals surface area contributed by atoms with E-state index in [0.29, 0.717) is 6.42 Å². The van der Waals surface area contributed by atoms with Crippen molar-refractivity contribution < 1.29 is 4.39 Å². The maximum atomic E-state index is 13.4. The first kappa shape index (κ1) is 13.7. The van der Waals surface area contributed by atoms with Crippen molar-refractivity contribution >= 4 is 0 Å². The third-order valence-electron chi connectivity index (χ3n) is 3.17. The molecule has 0 unspecified atom stereocenters. The summed E-state index contributed by atoms with van der Waals surface area (Å²) in [6, 6.07) is 6.92. The second kappa shape index (κ2) is 6.48. The predicted octanol–water partition coefficient (Wildman–Crippen LogP) is 2.45. The quantitative estimate of drug-likeness (QED) is 0.810. The van der Waals surface area contributed by atoms with Crippen LogP contribution in [0, 0.1) is 5.82 Å². The van der Waals surface area contributed by atoms with Crippen molar-refractivity contribution in [2.24, 2.45) is 7.05 Å². The summed E-state index contributed by atoms with van der Waals surface area (Å²) in [4.78, 5) is 0. The lowest BCUT2D eigenvalue weighted by Gasteiger charge is -2.05. The number of hydrogen-bond donors (Lipinski definition) is 1. The molecule has 0 atom stereocenters. The van der Waals surface area contributed by atoms with Gasteiger partial charge in [-0.1, -0.05) is 25.1 Å². The van der Waals surface area contributed by atoms with Crippen LogP contribution >= 0.6 is 0 Å². The van der Waals surface area contributed by atoms with E-state index in [4.69, 9.17) is 0 Å². The van der Waals surface area contributed by atoms with E-state index in [1.165, 1.54) is 11.6 Å². The number of nitrogens with one attached hydrogen (secondary N) is 1. The molecule has 4 heteroatoms. The van der Waals surface area contributed by atoms with Gasteiger partial charge in [-0.25, -0.2) is 4.39 Å². The van der Waals surface area contributed by atoms with Crippen molar-refractivity contribution in [1.82, 2.24) is 15.1 Å². The fraction of sp³-hybridized carbons (Fsp3) is 0.400. The number of halogens is 1. The van der Waals surface area contributed by atoms with Gasteiger partial charge in [0.05, 0.1) is 5.69 Å². The van der Waals surface area contributed by atoms with Crippen LogP contribution < -0.4 is 5.32 Å². The van der Waals surface area contributed by atoms with E-state index in [9.17, 15) is 4.39 Å². The van der Waals surface area contributed by atoms with Crippen LogP contribution in [0.3, 0.4) is 0 Å². The van der Waals surface area contributed by atoms with E-state index in [0.717, 1.165) is 30.8 Å². The van der Waals surface area contributed by atoms with E-state index < -0.39 is 0 Å². The Morgan fingerprint density at radius 2 is 2.05 bits per heavy atom. The van der Waals surface area contributed by atoms with Gasteiger partial charge >= 0.3 is 0 Å². The summed E-state index contributed by atoms with van der Waals surface area (Å²) in [7, 11) is 1.93. The molecule has 2 aromatic rings. The molecular formula is C15H20FN3. The van der Waals surface area contributed by atoms with Crippen molar-refractivity contribution in [3.8, 4) is 0 Å². The van der Waals surface area contributed by atoms with Gasteiger partial charge in [-0.05, 0) is 31.0 Å². The second-order valence-corrected chi connectivity index (χ2v) is 4.65. The molecule has 0 aliphatic rings. The summed E-state index contributed by atoms with van der Waals surface area (Å²) in [6.45, 7) is 3.65. The second-order valence-electron chi connectivity index (χ2n) is 4.65. The minimum Gasteiger partial charge on any atom is -0.312 e. The van der Waals surface area contributed by atoms with Crippen LogP contribution in [0.4, 0.5) is 4.39 Å². The van der Waals surface area contributed by atoms with Crippen LogP contribution in [-0.2, 0) is 26.4 Å². The fourth-order valence-corrected chi connectivity index (χ4v) is 2.18. The molecule has 3 nitrogen and oxygen atoms in total. The lowest BCUT2D eigenvalue weighted by molar-refractivity contribution is 0.597. The number of benzene rings is 1. The van der Waals surface area contributed by atoms with Crippen LogP contribution in [0.5, 0.6) is 0 Å². The maximum absolute atomic E-state index is 13.4. The SMILES string of the molecule is CCc1nn(C)cc1CNCCc1ccccc1F. The molecule has 0 fully saturated rings. The summed E-state index contributed by atoms with van der Waals surface area (Å²) in [5.41, 5.74) is 3.11. The van der Waals surface area contributed by atoms with Gasteiger partial charge in [0, 0.05) is 25.4 Å². The van der Waals surface area contributed by atoms with Gasteiger partial charge in [0.25, 0.3) is 0 Å². The zero-order chi connectivity index (χ0) is 13.7. The summed E-state index contributed by atoms with van der Waals surface area (Å²) in [6.07, 6.45) is 3.68. The molecule has 1 aromatic heterocycles. The molecule has 0 spiro atoms. The standard InChI is InChI=1S/C15H20FN3/c1-3-15-13(11-19(2)18-15)10-17-9-8-12-6-4-5-7-14(12)16/h4-7,11,17H,3,8-10H2,1-2H3. The molecule has 2 rings (SSSR count). The van der Waals surface area contributed by atoms with E-state index in [1.807, 2.05) is 30.1 Å². The number of nitrogens with zero attached hydrogens (tertiary/aromatic N) is 2. The molecule has 1 aromatic carbocycles. The predicted molar refractivity (Wildman–Crippen MR) is 74.4 cm³/mol. The lowest BCUT2D eigenvalue weighted by Crippen LogP contribution is -2.17. The van der Waals surface area contributed by atoms with E-state index in [-0.39, 0.29) is 5.82 Å². The van der Waals surface area contributed by atoms with Crippen LogP contribution in [0.1, 0.15) is 23.7 Å². The highest BCUT2D eigenvalue weighted by atomic mass is 19.1. The smallest absolute Gasteiger partial charge is 0.126 e. The third kappa shape index (κ3) is 3.64. The Morgan fingerprint density at radius 1 is 1.26 bits per heavy atom. The molecule has 0 aliphatic heterocycles. The zero-order valence-electron chi connectivity index (χ0n) is 11.5. The molecule has 0 saturated heterocycles. The van der Waals surface area contributed by atoms with Crippen molar-refractivity contribution in [3.63, 3.8) is 0 Å². The average molecular weight is 261 g/mol. The number of aryl methyl sites for hydroxylation is 2. The highest BCUT2D eigenvalue weighted by molar-refractivity contribution is 5.18. The molecule has 0 saturated carbocycles. The average Bonchev–Trinajstić information content (AvgIpc) is 2.77. The maximum Gasteiger partial charge on any atom is 0.126 e. The minimum atomic E-state index is -0.125. The highest BCUT2D eigenvalue weighted by Gasteiger charge is 2.05. The summed E-state index contributed by atoms with van der Waals surface area (Å²) in [5, 5.41) is 7.74. The van der Waals surface area contributed by atoms with Gasteiger partial charge in [-0.15, -0.1) is 0 Å². The minimum absolute atomic E-state index is 0.125. The Bertz CT molecular complexity index is 534. The molecule has 0 amide bonds. The molecular weight excluding hydrogens is 241 g/mol. The van der Waals surface area contributed by atoms with Gasteiger partial charge in [-0.3, -0.25) is 4.68 Å². The van der Waals surface area contributed by atoms with Gasteiger partial charge in [0.15, 0.2) is 0 Å². The van der Waals surface area contributed by atoms with Crippen molar-refractivity contribution in [2.45, 2.75) is 26.3 Å². The highest BCUT2D eigenvalue weighted by Crippen LogP contribution is 2.08. The Hall–Kier alpha value is -1.68. The molecule has 1 N–H and O–H groups in total. The van der Waals surface area contributed by atoms with E-state index in [1.54, 1.807) is 6.07 Å². The summed E-state index contributed by atoms with van der Waals surface area (Å²) in [5.74, 6) is -0.125. The Balaban J connectivity index is 1.82. The van der Waals surface area contributed by atoms with Crippen LogP contribution in [0.25, 0.3) is 0 Å². The summed E-state index contributed by atoms with van der Waals surface area (Å²) >= 11 is 0. The van der Waals surface area contributed by atoms with Crippen molar-refractivity contribution in [3.05, 3.63) is 53.1 Å². The number of hydrogen-bond acceptors (Lipinski definition) is 2. The largest absolute Gasteiger partial charge is 0.312 e. The Morgan fingerprint density at radius 3 is 2.79 bits per heavy atom. The number of aromatic nitrogens is 2. The van der Waals surface area contributed by atoms with Crippen molar-refractivity contribution in [1.29, 1.82) is 0 Å². The van der Waals surface area contributed by atoms with Crippen molar-refractivity contribution in [2.75, 3.05) is 6.54 Å². The van der Waals surface area contributed by atoms with Gasteiger partial charge in [-0.2, -0.15) is 5.10 Å². The lowest BCUT2D eigenvalue weighted by atomic mass is 10.1. The van der Waals surface area contributed by atoms with Gasteiger partial charge in [0.1, 0.15) is 5.82 Å². The van der Waals surface area contributed by atoms with Gasteiger partial charge in [0.2, 0.25) is 0 Å². The Kier molecular flexibility index (Phi) is 4.68. The van der Waals surface area contributed by atoms with Crippen LogP contribution in [0.2, 0.25) is 0 Å². The first-order valence-electron chi connectivity index (χ1n) is 6.66. The molecule has 102 valence electrons. The summed E-state index contributed by atoms with van der Waals surface area (Å²) < 4.78 is 15.3. The molecule has 19 heavy (non-hydrogen) atoms. The normalized spacial score (nSPS) is 10.9. The topological polar surface area (TPSA) is 29.9 Å². The Labute approximate surface area is 113 Å². The molecule has 0 bridgehead atoms. The monoisotopic (exact) mass is 261 g/mol. The molecule has 1 heterocycles.